The number of ether oxygens (including phenoxy) is 1. The van der Waals surface area contributed by atoms with Crippen molar-refractivity contribution in [2.45, 2.75) is 25.7 Å². The molecule has 0 saturated heterocycles. The van der Waals surface area contributed by atoms with Crippen molar-refractivity contribution < 1.29 is 9.84 Å². The standard InChI is InChI=1S/C24H26O2/c1-18(20-9-5-3-6-10-20)22-15-23(17-24(16-22)26-14-13-25)19(2)21-11-7-4-8-12-21/h3-12,15-19,25H,13-14H2,1-2H3. The van der Waals surface area contributed by atoms with Crippen molar-refractivity contribution in [3.05, 3.63) is 101 Å². The van der Waals surface area contributed by atoms with Crippen LogP contribution in [0.25, 0.3) is 0 Å². The summed E-state index contributed by atoms with van der Waals surface area (Å²) < 4.78 is 5.76. The Hall–Kier alpha value is -2.58. The van der Waals surface area contributed by atoms with Crippen LogP contribution in [-0.2, 0) is 0 Å². The van der Waals surface area contributed by atoms with E-state index in [2.05, 4.69) is 80.6 Å². The predicted octanol–water partition coefficient (Wildman–Crippen LogP) is 5.36. The van der Waals surface area contributed by atoms with Crippen LogP contribution in [0.4, 0.5) is 0 Å². The summed E-state index contributed by atoms with van der Waals surface area (Å²) in [5.41, 5.74) is 5.02. The fraction of sp³-hybridized carbons (Fsp3) is 0.250. The lowest BCUT2D eigenvalue weighted by molar-refractivity contribution is 0.201. The molecule has 0 aliphatic rings. The van der Waals surface area contributed by atoms with Gasteiger partial charge in [0, 0.05) is 11.8 Å². The van der Waals surface area contributed by atoms with E-state index in [1.54, 1.807) is 0 Å². The summed E-state index contributed by atoms with van der Waals surface area (Å²) in [5.74, 6) is 1.36. The Morgan fingerprint density at radius 2 is 1.15 bits per heavy atom. The summed E-state index contributed by atoms with van der Waals surface area (Å²) in [6.45, 7) is 4.76. The minimum absolute atomic E-state index is 0.0159. The van der Waals surface area contributed by atoms with Crippen LogP contribution in [0.1, 0.15) is 47.9 Å². The van der Waals surface area contributed by atoms with Crippen LogP contribution >= 0.6 is 0 Å². The van der Waals surface area contributed by atoms with Crippen LogP contribution in [0.15, 0.2) is 78.9 Å². The molecule has 2 unspecified atom stereocenters. The van der Waals surface area contributed by atoms with Crippen molar-refractivity contribution in [1.82, 2.24) is 0 Å². The first-order chi connectivity index (χ1) is 12.7. The molecule has 2 nitrogen and oxygen atoms in total. The van der Waals surface area contributed by atoms with Crippen LogP contribution in [0.2, 0.25) is 0 Å². The molecule has 134 valence electrons. The fourth-order valence-corrected chi connectivity index (χ4v) is 3.26. The van der Waals surface area contributed by atoms with Gasteiger partial charge in [-0.15, -0.1) is 0 Å². The minimum atomic E-state index is 0.0159. The maximum Gasteiger partial charge on any atom is 0.120 e. The van der Waals surface area contributed by atoms with Gasteiger partial charge >= 0.3 is 0 Å². The second-order valence-electron chi connectivity index (χ2n) is 6.67. The van der Waals surface area contributed by atoms with E-state index in [0.717, 1.165) is 5.75 Å². The second kappa shape index (κ2) is 8.68. The molecule has 3 rings (SSSR count). The van der Waals surface area contributed by atoms with Gasteiger partial charge in [0.05, 0.1) is 6.61 Å². The van der Waals surface area contributed by atoms with E-state index in [1.807, 2.05) is 12.1 Å². The number of hydrogen-bond donors (Lipinski definition) is 1. The lowest BCUT2D eigenvalue weighted by Crippen LogP contribution is -2.05. The molecule has 0 aliphatic heterocycles. The van der Waals surface area contributed by atoms with Gasteiger partial charge in [0.1, 0.15) is 12.4 Å². The van der Waals surface area contributed by atoms with E-state index >= 15 is 0 Å². The third-order valence-corrected chi connectivity index (χ3v) is 4.91. The molecule has 2 heteroatoms. The highest BCUT2D eigenvalue weighted by Gasteiger charge is 2.15. The molecule has 0 aromatic heterocycles. The maximum atomic E-state index is 9.12. The zero-order valence-corrected chi connectivity index (χ0v) is 15.4. The van der Waals surface area contributed by atoms with Gasteiger partial charge in [-0.1, -0.05) is 80.6 Å². The quantitative estimate of drug-likeness (QED) is 0.624. The normalized spacial score (nSPS) is 13.2. The molecule has 0 fully saturated rings. The Kier molecular flexibility index (Phi) is 6.08. The van der Waals surface area contributed by atoms with E-state index in [1.165, 1.54) is 22.3 Å². The van der Waals surface area contributed by atoms with E-state index in [0.29, 0.717) is 6.61 Å². The Balaban J connectivity index is 1.98. The average Bonchev–Trinajstić information content (AvgIpc) is 2.72. The molecule has 0 saturated carbocycles. The van der Waals surface area contributed by atoms with Crippen LogP contribution < -0.4 is 4.74 Å². The van der Waals surface area contributed by atoms with E-state index in [4.69, 9.17) is 9.84 Å². The lowest BCUT2D eigenvalue weighted by Gasteiger charge is -2.19. The van der Waals surface area contributed by atoms with Crippen molar-refractivity contribution in [2.75, 3.05) is 13.2 Å². The molecule has 2 atom stereocenters. The van der Waals surface area contributed by atoms with Crippen molar-refractivity contribution in [3.8, 4) is 5.75 Å². The topological polar surface area (TPSA) is 29.5 Å². The summed E-state index contributed by atoms with van der Waals surface area (Å²) in [4.78, 5) is 0. The van der Waals surface area contributed by atoms with Crippen LogP contribution in [0.5, 0.6) is 5.75 Å². The SMILES string of the molecule is CC(c1ccccc1)c1cc(OCCO)cc(C(C)c2ccccc2)c1. The molecule has 0 heterocycles. The Morgan fingerprint density at radius 1 is 0.692 bits per heavy atom. The smallest absolute Gasteiger partial charge is 0.120 e. The highest BCUT2D eigenvalue weighted by Crippen LogP contribution is 2.33. The van der Waals surface area contributed by atoms with Gasteiger partial charge in [0.15, 0.2) is 0 Å². The number of benzene rings is 3. The number of hydrogen-bond acceptors (Lipinski definition) is 2. The van der Waals surface area contributed by atoms with Gasteiger partial charge in [0.25, 0.3) is 0 Å². The lowest BCUT2D eigenvalue weighted by atomic mass is 9.87. The van der Waals surface area contributed by atoms with E-state index < -0.39 is 0 Å². The summed E-state index contributed by atoms with van der Waals surface area (Å²) >= 11 is 0. The van der Waals surface area contributed by atoms with Crippen molar-refractivity contribution in [2.24, 2.45) is 0 Å². The molecular weight excluding hydrogens is 320 g/mol. The first-order valence-corrected chi connectivity index (χ1v) is 9.17. The Morgan fingerprint density at radius 3 is 1.58 bits per heavy atom. The molecule has 0 bridgehead atoms. The zero-order chi connectivity index (χ0) is 18.4. The van der Waals surface area contributed by atoms with Gasteiger partial charge in [-0.3, -0.25) is 0 Å². The largest absolute Gasteiger partial charge is 0.491 e. The van der Waals surface area contributed by atoms with E-state index in [9.17, 15) is 0 Å². The second-order valence-corrected chi connectivity index (χ2v) is 6.67. The molecule has 0 spiro atoms. The van der Waals surface area contributed by atoms with E-state index in [-0.39, 0.29) is 18.4 Å². The van der Waals surface area contributed by atoms with Crippen LogP contribution in [0, 0.1) is 0 Å². The van der Waals surface area contributed by atoms with Crippen LogP contribution in [0.3, 0.4) is 0 Å². The highest BCUT2D eigenvalue weighted by molar-refractivity contribution is 5.44. The van der Waals surface area contributed by atoms with Crippen LogP contribution in [-0.4, -0.2) is 18.3 Å². The number of aliphatic hydroxyl groups is 1. The third-order valence-electron chi connectivity index (χ3n) is 4.91. The summed E-state index contributed by atoms with van der Waals surface area (Å²) in [7, 11) is 0. The summed E-state index contributed by atoms with van der Waals surface area (Å²) in [6.07, 6.45) is 0. The number of rotatable bonds is 7. The maximum absolute atomic E-state index is 9.12. The molecule has 0 radical (unpaired) electrons. The summed E-state index contributed by atoms with van der Waals surface area (Å²) in [6, 6.07) is 27.5. The Bertz CT molecular complexity index is 748. The van der Waals surface area contributed by atoms with Gasteiger partial charge in [-0.2, -0.15) is 0 Å². The molecule has 1 N–H and O–H groups in total. The molecule has 3 aromatic carbocycles. The molecule has 3 aromatic rings. The first kappa shape index (κ1) is 18.2. The van der Waals surface area contributed by atoms with Crippen molar-refractivity contribution >= 4 is 0 Å². The zero-order valence-electron chi connectivity index (χ0n) is 15.4. The molecule has 26 heavy (non-hydrogen) atoms. The Labute approximate surface area is 156 Å². The van der Waals surface area contributed by atoms with Gasteiger partial charge in [-0.05, 0) is 34.4 Å². The summed E-state index contributed by atoms with van der Waals surface area (Å²) in [5, 5.41) is 9.12. The van der Waals surface area contributed by atoms with Crippen molar-refractivity contribution in [3.63, 3.8) is 0 Å². The monoisotopic (exact) mass is 346 g/mol. The molecule has 0 amide bonds. The highest BCUT2D eigenvalue weighted by atomic mass is 16.5. The molecular formula is C24H26O2. The van der Waals surface area contributed by atoms with Gasteiger partial charge < -0.3 is 9.84 Å². The first-order valence-electron chi connectivity index (χ1n) is 9.17. The van der Waals surface area contributed by atoms with Gasteiger partial charge in [0.2, 0.25) is 0 Å². The third kappa shape index (κ3) is 4.33. The average molecular weight is 346 g/mol. The van der Waals surface area contributed by atoms with Crippen molar-refractivity contribution in [1.29, 1.82) is 0 Å². The molecule has 0 aliphatic carbocycles. The number of aliphatic hydroxyl groups excluding tert-OH is 1. The fourth-order valence-electron chi connectivity index (χ4n) is 3.26. The minimum Gasteiger partial charge on any atom is -0.491 e. The van der Waals surface area contributed by atoms with Gasteiger partial charge in [-0.25, -0.2) is 0 Å². The predicted molar refractivity (Wildman–Crippen MR) is 107 cm³/mol.